The highest BCUT2D eigenvalue weighted by Gasteiger charge is 2.30. The molecule has 26 heavy (non-hydrogen) atoms. The second-order valence-electron chi connectivity index (χ2n) is 6.37. The molecule has 0 aliphatic carbocycles. The van der Waals surface area contributed by atoms with Crippen LogP contribution in [0.2, 0.25) is 5.02 Å². The van der Waals surface area contributed by atoms with Crippen LogP contribution in [-0.2, 0) is 11.2 Å². The summed E-state index contributed by atoms with van der Waals surface area (Å²) in [5.74, 6) is -0.149. The number of aliphatic carboxylic acids is 1. The lowest BCUT2D eigenvalue weighted by atomic mass is 10.0. The number of carboxylic acid groups (broad SMARTS) is 1. The van der Waals surface area contributed by atoms with E-state index >= 15 is 0 Å². The zero-order valence-corrected chi connectivity index (χ0v) is 15.5. The molecule has 138 valence electrons. The molecule has 0 saturated carbocycles. The Kier molecular flexibility index (Phi) is 6.01. The summed E-state index contributed by atoms with van der Waals surface area (Å²) in [4.78, 5) is 16.2. The van der Waals surface area contributed by atoms with Gasteiger partial charge in [-0.15, -0.1) is 0 Å². The SMILES string of the molecule is COc1ccc(Cl)cc1CC(C(=O)O)N1CCN(c2ccccc2)CC1. The summed E-state index contributed by atoms with van der Waals surface area (Å²) in [5.41, 5.74) is 1.99. The van der Waals surface area contributed by atoms with E-state index in [1.165, 1.54) is 5.69 Å². The van der Waals surface area contributed by atoms with E-state index in [2.05, 4.69) is 17.0 Å². The molecule has 1 aliphatic heterocycles. The van der Waals surface area contributed by atoms with E-state index in [4.69, 9.17) is 16.3 Å². The fraction of sp³-hybridized carbons (Fsp3) is 0.350. The third-order valence-corrected chi connectivity index (χ3v) is 5.05. The van der Waals surface area contributed by atoms with E-state index in [-0.39, 0.29) is 0 Å². The van der Waals surface area contributed by atoms with E-state index in [1.807, 2.05) is 23.1 Å². The summed E-state index contributed by atoms with van der Waals surface area (Å²) >= 11 is 6.09. The summed E-state index contributed by atoms with van der Waals surface area (Å²) < 4.78 is 5.36. The van der Waals surface area contributed by atoms with Gasteiger partial charge in [-0.3, -0.25) is 9.69 Å². The van der Waals surface area contributed by atoms with Gasteiger partial charge in [-0.2, -0.15) is 0 Å². The summed E-state index contributed by atoms with van der Waals surface area (Å²) in [5, 5.41) is 10.4. The van der Waals surface area contributed by atoms with E-state index in [1.54, 1.807) is 25.3 Å². The Balaban J connectivity index is 1.70. The molecule has 1 aliphatic rings. The number of nitrogens with zero attached hydrogens (tertiary/aromatic N) is 2. The highest BCUT2D eigenvalue weighted by molar-refractivity contribution is 6.30. The first-order valence-electron chi connectivity index (χ1n) is 8.67. The van der Waals surface area contributed by atoms with Crippen molar-refractivity contribution in [1.82, 2.24) is 4.90 Å². The monoisotopic (exact) mass is 374 g/mol. The van der Waals surface area contributed by atoms with Crippen LogP contribution in [0, 0.1) is 0 Å². The van der Waals surface area contributed by atoms with Gasteiger partial charge in [0.25, 0.3) is 0 Å². The van der Waals surface area contributed by atoms with Crippen molar-refractivity contribution in [2.75, 3.05) is 38.2 Å². The molecule has 1 unspecified atom stereocenters. The van der Waals surface area contributed by atoms with Gasteiger partial charge in [0.05, 0.1) is 7.11 Å². The number of hydrogen-bond donors (Lipinski definition) is 1. The third-order valence-electron chi connectivity index (χ3n) is 4.82. The van der Waals surface area contributed by atoms with Crippen LogP contribution < -0.4 is 9.64 Å². The van der Waals surface area contributed by atoms with Crippen LogP contribution in [-0.4, -0.2) is 55.3 Å². The zero-order chi connectivity index (χ0) is 18.5. The Morgan fingerprint density at radius 1 is 1.15 bits per heavy atom. The first-order chi connectivity index (χ1) is 12.6. The molecule has 5 nitrogen and oxygen atoms in total. The third kappa shape index (κ3) is 4.29. The molecule has 0 radical (unpaired) electrons. The second kappa shape index (κ2) is 8.43. The van der Waals surface area contributed by atoms with Gasteiger partial charge >= 0.3 is 5.97 Å². The number of hydrogen-bond acceptors (Lipinski definition) is 4. The molecule has 1 fully saturated rings. The Morgan fingerprint density at radius 3 is 2.46 bits per heavy atom. The van der Waals surface area contributed by atoms with Crippen LogP contribution in [0.25, 0.3) is 0 Å². The Labute approximate surface area is 158 Å². The van der Waals surface area contributed by atoms with Gasteiger partial charge in [0.2, 0.25) is 0 Å². The molecule has 0 bridgehead atoms. The highest BCUT2D eigenvalue weighted by Crippen LogP contribution is 2.26. The number of carboxylic acids is 1. The molecule has 0 aromatic heterocycles. The molecule has 1 N–H and O–H groups in total. The van der Waals surface area contributed by atoms with Crippen LogP contribution in [0.15, 0.2) is 48.5 Å². The van der Waals surface area contributed by atoms with Gasteiger partial charge < -0.3 is 14.7 Å². The number of rotatable bonds is 6. The highest BCUT2D eigenvalue weighted by atomic mass is 35.5. The normalized spacial score (nSPS) is 16.3. The maximum absolute atomic E-state index is 11.9. The van der Waals surface area contributed by atoms with Crippen molar-refractivity contribution in [2.24, 2.45) is 0 Å². The predicted octanol–water partition coefficient (Wildman–Crippen LogP) is 3.17. The summed E-state index contributed by atoms with van der Waals surface area (Å²) in [6.45, 7) is 3.02. The van der Waals surface area contributed by atoms with Crippen LogP contribution in [0.1, 0.15) is 5.56 Å². The van der Waals surface area contributed by atoms with Crippen molar-refractivity contribution in [3.8, 4) is 5.75 Å². The number of methoxy groups -OCH3 is 1. The molecule has 2 aromatic rings. The van der Waals surface area contributed by atoms with Crippen molar-refractivity contribution in [1.29, 1.82) is 0 Å². The topological polar surface area (TPSA) is 53.0 Å². The van der Waals surface area contributed by atoms with Crippen LogP contribution in [0.5, 0.6) is 5.75 Å². The van der Waals surface area contributed by atoms with Gasteiger partial charge in [-0.1, -0.05) is 29.8 Å². The maximum Gasteiger partial charge on any atom is 0.321 e. The summed E-state index contributed by atoms with van der Waals surface area (Å²) in [6, 6.07) is 14.9. The Morgan fingerprint density at radius 2 is 1.85 bits per heavy atom. The first kappa shape index (κ1) is 18.5. The number of piperazine rings is 1. The van der Waals surface area contributed by atoms with Gasteiger partial charge in [0.15, 0.2) is 0 Å². The molecule has 3 rings (SSSR count). The van der Waals surface area contributed by atoms with Crippen LogP contribution >= 0.6 is 11.6 Å². The van der Waals surface area contributed by atoms with E-state index < -0.39 is 12.0 Å². The number of carbonyl (C=O) groups is 1. The number of benzene rings is 2. The molecule has 2 aromatic carbocycles. The van der Waals surface area contributed by atoms with Gasteiger partial charge in [0, 0.05) is 43.3 Å². The van der Waals surface area contributed by atoms with Crippen LogP contribution in [0.4, 0.5) is 5.69 Å². The van der Waals surface area contributed by atoms with E-state index in [0.29, 0.717) is 30.3 Å². The van der Waals surface area contributed by atoms with Crippen molar-refractivity contribution in [3.05, 3.63) is 59.1 Å². The number of ether oxygens (including phenoxy) is 1. The Bertz CT molecular complexity index is 746. The van der Waals surface area contributed by atoms with E-state index in [9.17, 15) is 9.90 Å². The molecule has 0 amide bonds. The minimum Gasteiger partial charge on any atom is -0.496 e. The minimum atomic E-state index is -0.819. The lowest BCUT2D eigenvalue weighted by molar-refractivity contribution is -0.143. The maximum atomic E-state index is 11.9. The predicted molar refractivity (Wildman–Crippen MR) is 103 cm³/mol. The van der Waals surface area contributed by atoms with Gasteiger partial charge in [0.1, 0.15) is 11.8 Å². The van der Waals surface area contributed by atoms with Crippen molar-refractivity contribution in [2.45, 2.75) is 12.5 Å². The van der Waals surface area contributed by atoms with Gasteiger partial charge in [-0.05, 0) is 35.9 Å². The number of para-hydroxylation sites is 1. The van der Waals surface area contributed by atoms with Crippen molar-refractivity contribution < 1.29 is 14.6 Å². The number of halogens is 1. The molecule has 1 atom stereocenters. The fourth-order valence-electron chi connectivity index (χ4n) is 3.42. The fourth-order valence-corrected chi connectivity index (χ4v) is 3.61. The first-order valence-corrected chi connectivity index (χ1v) is 9.05. The lowest BCUT2D eigenvalue weighted by Gasteiger charge is -2.39. The average molecular weight is 375 g/mol. The molecule has 1 heterocycles. The zero-order valence-electron chi connectivity index (χ0n) is 14.8. The summed E-state index contributed by atoms with van der Waals surface area (Å²) in [7, 11) is 1.58. The van der Waals surface area contributed by atoms with Gasteiger partial charge in [-0.25, -0.2) is 0 Å². The molecular formula is C20H23ClN2O3. The smallest absolute Gasteiger partial charge is 0.321 e. The van der Waals surface area contributed by atoms with E-state index in [0.717, 1.165) is 18.7 Å². The molecule has 6 heteroatoms. The van der Waals surface area contributed by atoms with Crippen LogP contribution in [0.3, 0.4) is 0 Å². The quantitative estimate of drug-likeness (QED) is 0.841. The van der Waals surface area contributed by atoms with Crippen molar-refractivity contribution in [3.63, 3.8) is 0 Å². The summed E-state index contributed by atoms with van der Waals surface area (Å²) in [6.07, 6.45) is 0.365. The van der Waals surface area contributed by atoms with Crippen molar-refractivity contribution >= 4 is 23.3 Å². The molecule has 0 spiro atoms. The minimum absolute atomic E-state index is 0.365. The Hall–Kier alpha value is -2.24. The standard InChI is InChI=1S/C20H23ClN2O3/c1-26-19-8-7-16(21)13-15(19)14-18(20(24)25)23-11-9-22(10-12-23)17-5-3-2-4-6-17/h2-8,13,18H,9-12,14H2,1H3,(H,24,25). The lowest BCUT2D eigenvalue weighted by Crippen LogP contribution is -2.53. The second-order valence-corrected chi connectivity index (χ2v) is 6.81. The largest absolute Gasteiger partial charge is 0.496 e. The number of anilines is 1. The molecule has 1 saturated heterocycles. The average Bonchev–Trinajstić information content (AvgIpc) is 2.67. The molecular weight excluding hydrogens is 352 g/mol.